The molecule has 0 aliphatic heterocycles. The van der Waals surface area contributed by atoms with Crippen LogP contribution in [0.1, 0.15) is 16.8 Å². The average molecular weight is 436 g/mol. The lowest BCUT2D eigenvalue weighted by atomic mass is 10.0. The van der Waals surface area contributed by atoms with Gasteiger partial charge in [-0.1, -0.05) is 42.5 Å². The van der Waals surface area contributed by atoms with Gasteiger partial charge < -0.3 is 5.32 Å². The number of rotatable bonds is 5. The number of hydrogen-bond donors (Lipinski definition) is 1. The number of halogens is 1. The zero-order valence-electron chi connectivity index (χ0n) is 18.4. The van der Waals surface area contributed by atoms with E-state index in [-0.39, 0.29) is 11.5 Å². The minimum atomic E-state index is -0.471. The minimum Gasteiger partial charge on any atom is -0.363 e. The molecular weight excluding hydrogens is 413 g/mol. The van der Waals surface area contributed by atoms with Crippen LogP contribution in [0.2, 0.25) is 0 Å². The number of anilines is 1. The molecule has 0 saturated heterocycles. The van der Waals surface area contributed by atoms with Gasteiger partial charge in [-0.3, -0.25) is 9.97 Å². The molecule has 0 spiro atoms. The van der Waals surface area contributed by atoms with Crippen LogP contribution in [-0.2, 0) is 6.54 Å². The van der Waals surface area contributed by atoms with Gasteiger partial charge in [-0.05, 0) is 53.9 Å². The highest BCUT2D eigenvalue weighted by Crippen LogP contribution is 2.28. The molecule has 0 fully saturated rings. The Morgan fingerprint density at radius 1 is 0.788 bits per heavy atom. The fraction of sp³-hybridized carbons (Fsp3) is 0.111. The van der Waals surface area contributed by atoms with Crippen molar-refractivity contribution in [2.45, 2.75) is 20.4 Å². The van der Waals surface area contributed by atoms with E-state index in [0.29, 0.717) is 12.1 Å². The van der Waals surface area contributed by atoms with Gasteiger partial charge >= 0.3 is 0 Å². The molecule has 0 aliphatic carbocycles. The van der Waals surface area contributed by atoms with E-state index in [4.69, 9.17) is 0 Å². The summed E-state index contributed by atoms with van der Waals surface area (Å²) in [5.74, 6) is -0.305. The molecule has 5 nitrogen and oxygen atoms in total. The van der Waals surface area contributed by atoms with Gasteiger partial charge in [0.15, 0.2) is 11.6 Å². The number of nitrogens with one attached hydrogen (secondary N) is 1. The number of hydrogen-bond acceptors (Lipinski definition) is 5. The van der Waals surface area contributed by atoms with Crippen LogP contribution in [0.25, 0.3) is 33.3 Å². The maximum Gasteiger partial charge on any atom is 0.191 e. The molecule has 2 aromatic carbocycles. The molecule has 6 heteroatoms. The molecule has 0 amide bonds. The number of fused-ring (bicyclic) bond motifs is 1. The third kappa shape index (κ3) is 4.28. The van der Waals surface area contributed by atoms with E-state index in [1.807, 2.05) is 68.4 Å². The molecule has 33 heavy (non-hydrogen) atoms. The molecule has 0 unspecified atom stereocenters. The zero-order valence-corrected chi connectivity index (χ0v) is 18.4. The van der Waals surface area contributed by atoms with E-state index < -0.39 is 5.82 Å². The van der Waals surface area contributed by atoms with Crippen molar-refractivity contribution in [3.05, 3.63) is 102 Å². The first kappa shape index (κ1) is 20.7. The van der Waals surface area contributed by atoms with Crippen LogP contribution < -0.4 is 5.32 Å². The van der Waals surface area contributed by atoms with E-state index in [2.05, 4.69) is 31.3 Å². The summed E-state index contributed by atoms with van der Waals surface area (Å²) in [7, 11) is 0. The van der Waals surface area contributed by atoms with Gasteiger partial charge in [-0.25, -0.2) is 14.4 Å². The van der Waals surface area contributed by atoms with Crippen LogP contribution in [0.5, 0.6) is 0 Å². The van der Waals surface area contributed by atoms with E-state index in [0.717, 1.165) is 38.9 Å². The highest BCUT2D eigenvalue weighted by Gasteiger charge is 2.14. The molecule has 0 aliphatic rings. The van der Waals surface area contributed by atoms with Crippen LogP contribution in [0.15, 0.2) is 79.4 Å². The summed E-state index contributed by atoms with van der Waals surface area (Å²) in [6.45, 7) is 4.37. The standard InChI is InChI=1S/C27H22FN5/c1-17-11-19(14-30-25(17)23-9-10-29-18(2)12-23)15-31-27-24(28)26(32-16-33-27)22-8-7-20-5-3-4-6-21(20)13-22/h3-14,16H,15H2,1-2H3,(H,31,32,33). The lowest BCUT2D eigenvalue weighted by molar-refractivity contribution is 0.621. The van der Waals surface area contributed by atoms with E-state index in [1.54, 1.807) is 12.4 Å². The van der Waals surface area contributed by atoms with Gasteiger partial charge in [0.1, 0.15) is 12.0 Å². The van der Waals surface area contributed by atoms with Crippen molar-refractivity contribution >= 4 is 16.6 Å². The maximum absolute atomic E-state index is 15.3. The Bertz CT molecular complexity index is 1460. The number of aryl methyl sites for hydroxylation is 2. The predicted molar refractivity (Wildman–Crippen MR) is 129 cm³/mol. The second-order valence-electron chi connectivity index (χ2n) is 8.00. The summed E-state index contributed by atoms with van der Waals surface area (Å²) in [5.41, 5.74) is 5.85. The summed E-state index contributed by atoms with van der Waals surface area (Å²) >= 11 is 0. The molecule has 0 radical (unpaired) electrons. The predicted octanol–water partition coefficient (Wildman–Crippen LogP) is 6.12. The first-order valence-electron chi connectivity index (χ1n) is 10.7. The Hall–Kier alpha value is -4.19. The summed E-state index contributed by atoms with van der Waals surface area (Å²) in [5, 5.41) is 5.23. The van der Waals surface area contributed by atoms with Crippen LogP contribution in [0.3, 0.4) is 0 Å². The van der Waals surface area contributed by atoms with Crippen LogP contribution in [0.4, 0.5) is 10.2 Å². The summed E-state index contributed by atoms with van der Waals surface area (Å²) in [6, 6.07) is 19.8. The van der Waals surface area contributed by atoms with Gasteiger partial charge in [0.25, 0.3) is 0 Å². The van der Waals surface area contributed by atoms with Crippen molar-refractivity contribution in [2.75, 3.05) is 5.32 Å². The number of nitrogens with zero attached hydrogens (tertiary/aromatic N) is 4. The molecule has 162 valence electrons. The second kappa shape index (κ2) is 8.74. The first-order valence-corrected chi connectivity index (χ1v) is 10.7. The fourth-order valence-electron chi connectivity index (χ4n) is 3.94. The second-order valence-corrected chi connectivity index (χ2v) is 8.00. The van der Waals surface area contributed by atoms with E-state index >= 15 is 4.39 Å². The molecule has 0 saturated carbocycles. The zero-order chi connectivity index (χ0) is 22.8. The molecule has 0 atom stereocenters. The Kier molecular flexibility index (Phi) is 5.48. The summed E-state index contributed by atoms with van der Waals surface area (Å²) < 4.78 is 15.3. The highest BCUT2D eigenvalue weighted by molar-refractivity contribution is 5.87. The molecule has 3 heterocycles. The molecule has 5 aromatic rings. The van der Waals surface area contributed by atoms with Crippen LogP contribution in [-0.4, -0.2) is 19.9 Å². The van der Waals surface area contributed by atoms with Crippen molar-refractivity contribution in [3.8, 4) is 22.5 Å². The van der Waals surface area contributed by atoms with Crippen molar-refractivity contribution in [1.29, 1.82) is 0 Å². The summed E-state index contributed by atoms with van der Waals surface area (Å²) in [6.07, 6.45) is 4.97. The molecule has 1 N–H and O–H groups in total. The smallest absolute Gasteiger partial charge is 0.191 e. The summed E-state index contributed by atoms with van der Waals surface area (Å²) in [4.78, 5) is 17.2. The third-order valence-corrected chi connectivity index (χ3v) is 5.58. The lowest BCUT2D eigenvalue weighted by Crippen LogP contribution is -2.06. The maximum atomic E-state index is 15.3. The van der Waals surface area contributed by atoms with E-state index in [1.165, 1.54) is 6.33 Å². The normalized spacial score (nSPS) is 11.0. The number of aromatic nitrogens is 4. The van der Waals surface area contributed by atoms with Crippen LogP contribution in [0, 0.1) is 19.7 Å². The first-order chi connectivity index (χ1) is 16.1. The number of pyridine rings is 2. The minimum absolute atomic E-state index is 0.166. The SMILES string of the molecule is Cc1cc(-c2ncc(CNc3ncnc(-c4ccc5ccccc5c4)c3F)cc2C)ccn1. The Balaban J connectivity index is 1.37. The van der Waals surface area contributed by atoms with Gasteiger partial charge in [0, 0.05) is 35.8 Å². The third-order valence-electron chi connectivity index (χ3n) is 5.58. The topological polar surface area (TPSA) is 63.6 Å². The Labute approximate surface area is 191 Å². The van der Waals surface area contributed by atoms with Gasteiger partial charge in [0.05, 0.1) is 5.69 Å². The van der Waals surface area contributed by atoms with Crippen LogP contribution >= 0.6 is 0 Å². The van der Waals surface area contributed by atoms with Gasteiger partial charge in [0.2, 0.25) is 0 Å². The molecule has 5 rings (SSSR count). The lowest BCUT2D eigenvalue weighted by Gasteiger charge is -2.11. The molecular formula is C27H22FN5. The van der Waals surface area contributed by atoms with Crippen molar-refractivity contribution in [1.82, 2.24) is 19.9 Å². The molecule has 3 aromatic heterocycles. The largest absolute Gasteiger partial charge is 0.363 e. The van der Waals surface area contributed by atoms with Crippen molar-refractivity contribution in [3.63, 3.8) is 0 Å². The highest BCUT2D eigenvalue weighted by atomic mass is 19.1. The molecule has 0 bridgehead atoms. The average Bonchev–Trinajstić information content (AvgIpc) is 2.83. The van der Waals surface area contributed by atoms with Crippen molar-refractivity contribution in [2.24, 2.45) is 0 Å². The number of benzene rings is 2. The quantitative estimate of drug-likeness (QED) is 0.360. The Morgan fingerprint density at radius 2 is 1.61 bits per heavy atom. The monoisotopic (exact) mass is 435 g/mol. The fourth-order valence-corrected chi connectivity index (χ4v) is 3.94. The van der Waals surface area contributed by atoms with E-state index in [9.17, 15) is 0 Å². The van der Waals surface area contributed by atoms with Gasteiger partial charge in [-0.2, -0.15) is 0 Å². The Morgan fingerprint density at radius 3 is 2.42 bits per heavy atom. The van der Waals surface area contributed by atoms with Crippen molar-refractivity contribution < 1.29 is 4.39 Å². The van der Waals surface area contributed by atoms with Gasteiger partial charge in [-0.15, -0.1) is 0 Å².